The summed E-state index contributed by atoms with van der Waals surface area (Å²) in [4.78, 5) is 0. The van der Waals surface area contributed by atoms with Crippen LogP contribution in [0.15, 0.2) is 12.2 Å². The Morgan fingerprint density at radius 1 is 1.55 bits per heavy atom. The number of hydrogen-bond acceptors (Lipinski definition) is 2. The Balaban J connectivity index is 2.52. The lowest BCUT2D eigenvalue weighted by Crippen LogP contribution is -2.38. The van der Waals surface area contributed by atoms with Gasteiger partial charge in [0.1, 0.15) is 0 Å². The van der Waals surface area contributed by atoms with Gasteiger partial charge in [0.15, 0.2) is 0 Å². The van der Waals surface area contributed by atoms with Crippen molar-refractivity contribution in [1.82, 2.24) is 0 Å². The highest BCUT2D eigenvalue weighted by atomic mass is 16.3. The van der Waals surface area contributed by atoms with Gasteiger partial charge in [-0.25, -0.2) is 0 Å². The lowest BCUT2D eigenvalue weighted by molar-refractivity contribution is -0.0492. The van der Waals surface area contributed by atoms with E-state index in [1.54, 1.807) is 6.92 Å². The van der Waals surface area contributed by atoms with Gasteiger partial charge in [-0.05, 0) is 32.1 Å². The van der Waals surface area contributed by atoms with Crippen LogP contribution in [0.5, 0.6) is 0 Å². The van der Waals surface area contributed by atoms with E-state index in [1.807, 2.05) is 0 Å². The second kappa shape index (κ2) is 3.37. The highest BCUT2D eigenvalue weighted by Gasteiger charge is 2.30. The highest BCUT2D eigenvalue weighted by molar-refractivity contribution is 4.96. The molecule has 0 amide bonds. The lowest BCUT2D eigenvalue weighted by Gasteiger charge is -2.31. The van der Waals surface area contributed by atoms with Crippen LogP contribution in [0.4, 0.5) is 0 Å². The maximum Gasteiger partial charge on any atom is 0.0880 e. The van der Waals surface area contributed by atoms with E-state index in [-0.39, 0.29) is 12.5 Å². The summed E-state index contributed by atoms with van der Waals surface area (Å²) in [5, 5.41) is 18.5. The Hall–Kier alpha value is -0.340. The summed E-state index contributed by atoms with van der Waals surface area (Å²) in [6.07, 6.45) is 7.13. The second-order valence-electron chi connectivity index (χ2n) is 3.50. The molecule has 1 rings (SSSR count). The van der Waals surface area contributed by atoms with Crippen molar-refractivity contribution in [2.45, 2.75) is 31.8 Å². The lowest BCUT2D eigenvalue weighted by atomic mass is 9.81. The van der Waals surface area contributed by atoms with E-state index < -0.39 is 5.60 Å². The predicted octanol–water partition coefficient (Wildman–Crippen LogP) is 1.09. The van der Waals surface area contributed by atoms with Crippen molar-refractivity contribution in [1.29, 1.82) is 0 Å². The molecule has 1 aliphatic carbocycles. The molecule has 0 aliphatic heterocycles. The van der Waals surface area contributed by atoms with Crippen molar-refractivity contribution >= 4 is 0 Å². The Morgan fingerprint density at radius 2 is 2.27 bits per heavy atom. The van der Waals surface area contributed by atoms with E-state index in [0.717, 1.165) is 19.3 Å². The van der Waals surface area contributed by atoms with Gasteiger partial charge in [-0.2, -0.15) is 0 Å². The average molecular weight is 156 g/mol. The second-order valence-corrected chi connectivity index (χ2v) is 3.50. The summed E-state index contributed by atoms with van der Waals surface area (Å²) in [5.41, 5.74) is -0.884. The number of hydrogen-bond donors (Lipinski definition) is 2. The van der Waals surface area contributed by atoms with E-state index in [9.17, 15) is 5.11 Å². The first-order chi connectivity index (χ1) is 5.17. The van der Waals surface area contributed by atoms with E-state index in [1.165, 1.54) is 0 Å². The highest BCUT2D eigenvalue weighted by Crippen LogP contribution is 2.28. The molecule has 2 heteroatoms. The molecule has 2 nitrogen and oxygen atoms in total. The number of aliphatic hydroxyl groups is 2. The van der Waals surface area contributed by atoms with Crippen molar-refractivity contribution < 1.29 is 10.2 Å². The summed E-state index contributed by atoms with van der Waals surface area (Å²) >= 11 is 0. The molecule has 0 saturated heterocycles. The van der Waals surface area contributed by atoms with Gasteiger partial charge in [0, 0.05) is 0 Å². The maximum absolute atomic E-state index is 9.66. The first-order valence-electron chi connectivity index (χ1n) is 4.15. The molecular formula is C9H16O2. The number of allylic oxidation sites excluding steroid dienone is 2. The van der Waals surface area contributed by atoms with Crippen LogP contribution in [0, 0.1) is 5.92 Å². The molecule has 2 unspecified atom stereocenters. The molecule has 0 heterocycles. The molecule has 64 valence electrons. The van der Waals surface area contributed by atoms with Gasteiger partial charge < -0.3 is 10.2 Å². The van der Waals surface area contributed by atoms with Gasteiger partial charge in [-0.15, -0.1) is 0 Å². The van der Waals surface area contributed by atoms with E-state index in [2.05, 4.69) is 12.2 Å². The minimum Gasteiger partial charge on any atom is -0.393 e. The summed E-state index contributed by atoms with van der Waals surface area (Å²) in [6.45, 7) is 1.57. The Bertz CT molecular complexity index is 150. The van der Waals surface area contributed by atoms with Crippen LogP contribution in [-0.4, -0.2) is 22.4 Å². The summed E-state index contributed by atoms with van der Waals surface area (Å²) in [5.74, 6) is 0.234. The smallest absolute Gasteiger partial charge is 0.0880 e. The standard InChI is InChI=1S/C9H16O2/c1-9(11,7-10)8-5-3-2-4-6-8/h2-3,8,10-11H,4-7H2,1H3. The monoisotopic (exact) mass is 156 g/mol. The molecule has 0 saturated carbocycles. The molecule has 2 N–H and O–H groups in total. The largest absolute Gasteiger partial charge is 0.393 e. The third kappa shape index (κ3) is 2.04. The molecule has 11 heavy (non-hydrogen) atoms. The van der Waals surface area contributed by atoms with Crippen molar-refractivity contribution in [3.05, 3.63) is 12.2 Å². The normalized spacial score (nSPS) is 29.9. The number of rotatable bonds is 2. The molecule has 0 aromatic heterocycles. The molecule has 1 aliphatic rings. The summed E-state index contributed by atoms with van der Waals surface area (Å²) < 4.78 is 0. The SMILES string of the molecule is CC(O)(CO)C1CC=CCC1. The maximum atomic E-state index is 9.66. The van der Waals surface area contributed by atoms with Crippen LogP contribution in [0.3, 0.4) is 0 Å². The van der Waals surface area contributed by atoms with Gasteiger partial charge in [0.25, 0.3) is 0 Å². The fourth-order valence-corrected chi connectivity index (χ4v) is 1.49. The summed E-state index contributed by atoms with van der Waals surface area (Å²) in [7, 11) is 0. The third-order valence-electron chi connectivity index (χ3n) is 2.47. The quantitative estimate of drug-likeness (QED) is 0.587. The zero-order valence-electron chi connectivity index (χ0n) is 6.95. The van der Waals surface area contributed by atoms with Crippen LogP contribution in [0.2, 0.25) is 0 Å². The summed E-state index contributed by atoms with van der Waals surface area (Å²) in [6, 6.07) is 0. The van der Waals surface area contributed by atoms with Crippen molar-refractivity contribution in [2.75, 3.05) is 6.61 Å². The van der Waals surface area contributed by atoms with Gasteiger partial charge in [-0.3, -0.25) is 0 Å². The molecule has 0 aromatic rings. The van der Waals surface area contributed by atoms with Crippen LogP contribution < -0.4 is 0 Å². The molecule has 0 aromatic carbocycles. The van der Waals surface area contributed by atoms with Crippen LogP contribution >= 0.6 is 0 Å². The molecular weight excluding hydrogens is 140 g/mol. The zero-order valence-corrected chi connectivity index (χ0v) is 6.95. The van der Waals surface area contributed by atoms with Gasteiger partial charge in [0.2, 0.25) is 0 Å². The molecule has 0 bridgehead atoms. The fourth-order valence-electron chi connectivity index (χ4n) is 1.49. The topological polar surface area (TPSA) is 40.5 Å². The Labute approximate surface area is 67.6 Å². The molecule has 0 spiro atoms. The minimum absolute atomic E-state index is 0.133. The van der Waals surface area contributed by atoms with Crippen molar-refractivity contribution in [3.8, 4) is 0 Å². The Kier molecular flexibility index (Phi) is 2.68. The van der Waals surface area contributed by atoms with Crippen molar-refractivity contribution in [3.63, 3.8) is 0 Å². The third-order valence-corrected chi connectivity index (χ3v) is 2.47. The van der Waals surface area contributed by atoms with E-state index in [4.69, 9.17) is 5.11 Å². The molecule has 2 atom stereocenters. The first-order valence-corrected chi connectivity index (χ1v) is 4.15. The van der Waals surface area contributed by atoms with Crippen LogP contribution in [0.1, 0.15) is 26.2 Å². The van der Waals surface area contributed by atoms with Gasteiger partial charge in [0.05, 0.1) is 12.2 Å². The predicted molar refractivity (Wildman–Crippen MR) is 44.2 cm³/mol. The first kappa shape index (κ1) is 8.75. The van der Waals surface area contributed by atoms with Gasteiger partial charge >= 0.3 is 0 Å². The van der Waals surface area contributed by atoms with Crippen LogP contribution in [-0.2, 0) is 0 Å². The van der Waals surface area contributed by atoms with E-state index >= 15 is 0 Å². The average Bonchev–Trinajstić information content (AvgIpc) is 2.06. The zero-order chi connectivity index (χ0) is 8.32. The molecule has 0 fully saturated rings. The van der Waals surface area contributed by atoms with E-state index in [0.29, 0.717) is 0 Å². The van der Waals surface area contributed by atoms with Crippen LogP contribution in [0.25, 0.3) is 0 Å². The Morgan fingerprint density at radius 3 is 2.73 bits per heavy atom. The van der Waals surface area contributed by atoms with Gasteiger partial charge in [-0.1, -0.05) is 12.2 Å². The van der Waals surface area contributed by atoms with Crippen molar-refractivity contribution in [2.24, 2.45) is 5.92 Å². The number of aliphatic hydroxyl groups excluding tert-OH is 1. The molecule has 0 radical (unpaired) electrons. The minimum atomic E-state index is -0.884. The fraction of sp³-hybridized carbons (Fsp3) is 0.778.